The number of nitrogens with one attached hydrogen (secondary N) is 2. The molecule has 8 nitrogen and oxygen atoms in total. The molecule has 0 aliphatic carbocycles. The van der Waals surface area contributed by atoms with Crippen molar-refractivity contribution in [2.45, 2.75) is 11.5 Å². The average molecular weight is 485 g/mol. The summed E-state index contributed by atoms with van der Waals surface area (Å²) in [7, 11) is -1.13. The molecule has 0 aliphatic rings. The maximum absolute atomic E-state index is 13.2. The fourth-order valence-electron chi connectivity index (χ4n) is 3.44. The Morgan fingerprint density at radius 2 is 1.76 bits per heavy atom. The Hall–Kier alpha value is -3.89. The Kier molecular flexibility index (Phi) is 6.53. The first-order chi connectivity index (χ1) is 16.3. The van der Waals surface area contributed by atoms with Gasteiger partial charge in [-0.1, -0.05) is 18.2 Å². The zero-order chi connectivity index (χ0) is 24.3. The van der Waals surface area contributed by atoms with E-state index in [1.165, 1.54) is 26.4 Å². The molecule has 2 N–H and O–H groups in total. The highest BCUT2D eigenvalue weighted by molar-refractivity contribution is 7.92. The minimum absolute atomic E-state index is 0.0892. The summed E-state index contributed by atoms with van der Waals surface area (Å²) in [6.07, 6.45) is 0. The second-order valence-electron chi connectivity index (χ2n) is 7.27. The fourth-order valence-corrected chi connectivity index (χ4v) is 4.50. The number of carbonyl (C=O) groups excluding carboxylic acids is 1. The van der Waals surface area contributed by atoms with Crippen molar-refractivity contribution in [3.05, 3.63) is 83.9 Å². The molecule has 0 saturated carbocycles. The Bertz CT molecular complexity index is 1450. The summed E-state index contributed by atoms with van der Waals surface area (Å²) in [6.45, 7) is 0.172. The molecule has 0 unspecified atom stereocenters. The molecule has 176 valence electrons. The van der Waals surface area contributed by atoms with Crippen molar-refractivity contribution in [3.8, 4) is 5.75 Å². The van der Waals surface area contributed by atoms with Crippen LogP contribution in [0.4, 0.5) is 15.8 Å². The van der Waals surface area contributed by atoms with Crippen molar-refractivity contribution in [2.24, 2.45) is 0 Å². The van der Waals surface area contributed by atoms with Gasteiger partial charge in [-0.25, -0.2) is 12.8 Å². The molecule has 0 radical (unpaired) electrons. The lowest BCUT2D eigenvalue weighted by molar-refractivity contribution is 0.0992. The number of amides is 1. The summed E-state index contributed by atoms with van der Waals surface area (Å²) in [5, 5.41) is 3.48. The lowest BCUT2D eigenvalue weighted by Gasteiger charge is -2.14. The van der Waals surface area contributed by atoms with Gasteiger partial charge < -0.3 is 19.2 Å². The number of carbonyl (C=O) groups is 1. The van der Waals surface area contributed by atoms with Crippen molar-refractivity contribution < 1.29 is 31.5 Å². The predicted octanol–water partition coefficient (Wildman–Crippen LogP) is 4.78. The van der Waals surface area contributed by atoms with E-state index in [-0.39, 0.29) is 28.7 Å². The Balaban J connectivity index is 1.63. The van der Waals surface area contributed by atoms with Gasteiger partial charge in [-0.05, 0) is 48.5 Å². The first-order valence-corrected chi connectivity index (χ1v) is 11.6. The number of halogens is 1. The average Bonchev–Trinajstić information content (AvgIpc) is 3.18. The van der Waals surface area contributed by atoms with Crippen LogP contribution in [0.25, 0.3) is 11.0 Å². The van der Waals surface area contributed by atoms with Gasteiger partial charge in [0.1, 0.15) is 17.1 Å². The second kappa shape index (κ2) is 9.54. The smallest absolute Gasteiger partial charge is 0.291 e. The lowest BCUT2D eigenvalue weighted by Crippen LogP contribution is -2.15. The third-order valence-electron chi connectivity index (χ3n) is 5.02. The highest BCUT2D eigenvalue weighted by Gasteiger charge is 2.22. The number of hydrogen-bond acceptors (Lipinski definition) is 6. The van der Waals surface area contributed by atoms with Gasteiger partial charge in [0, 0.05) is 23.7 Å². The molecule has 0 fully saturated rings. The molecule has 4 rings (SSSR count). The van der Waals surface area contributed by atoms with E-state index in [1.807, 2.05) is 12.1 Å². The van der Waals surface area contributed by atoms with E-state index in [2.05, 4.69) is 10.0 Å². The van der Waals surface area contributed by atoms with Crippen LogP contribution in [0.1, 0.15) is 16.1 Å². The molecule has 1 aromatic heterocycles. The topological polar surface area (TPSA) is 107 Å². The van der Waals surface area contributed by atoms with Crippen molar-refractivity contribution >= 4 is 38.3 Å². The maximum atomic E-state index is 13.2. The monoisotopic (exact) mass is 484 g/mol. The van der Waals surface area contributed by atoms with Gasteiger partial charge in [0.2, 0.25) is 0 Å². The van der Waals surface area contributed by atoms with Gasteiger partial charge in [0.15, 0.2) is 5.76 Å². The van der Waals surface area contributed by atoms with Crippen LogP contribution in [-0.4, -0.2) is 28.5 Å². The minimum atomic E-state index is -4.04. The van der Waals surface area contributed by atoms with Crippen LogP contribution < -0.4 is 14.8 Å². The van der Waals surface area contributed by atoms with E-state index in [0.717, 1.165) is 29.7 Å². The number of rotatable bonds is 8. The molecule has 0 spiro atoms. The third-order valence-corrected chi connectivity index (χ3v) is 6.40. The van der Waals surface area contributed by atoms with Crippen LogP contribution in [0, 0.1) is 5.82 Å². The number of furan rings is 1. The van der Waals surface area contributed by atoms with Crippen LogP contribution in [0.15, 0.2) is 76.0 Å². The van der Waals surface area contributed by atoms with Crippen LogP contribution >= 0.6 is 0 Å². The van der Waals surface area contributed by atoms with Crippen molar-refractivity contribution in [3.63, 3.8) is 0 Å². The number of anilines is 2. The number of hydrogen-bond donors (Lipinski definition) is 2. The zero-order valence-electron chi connectivity index (χ0n) is 18.3. The molecule has 34 heavy (non-hydrogen) atoms. The number of sulfonamides is 1. The number of methoxy groups -OCH3 is 2. The lowest BCUT2D eigenvalue weighted by atomic mass is 10.1. The first kappa shape index (κ1) is 23.3. The van der Waals surface area contributed by atoms with Gasteiger partial charge in [-0.15, -0.1) is 0 Å². The molecule has 4 aromatic rings. The Labute approximate surface area is 195 Å². The summed E-state index contributed by atoms with van der Waals surface area (Å²) in [4.78, 5) is 12.9. The van der Waals surface area contributed by atoms with Crippen LogP contribution in [0.5, 0.6) is 5.75 Å². The standard InChI is InChI=1S/C24H21FN2O6S/c1-31-14-19-18-5-3-4-6-21(18)33-23(19)24(28)26-16-9-12-22(32-2)20(13-16)27-34(29,30)17-10-7-15(25)8-11-17/h3-13,27H,14H2,1-2H3,(H,26,28). The fraction of sp³-hybridized carbons (Fsp3) is 0.125. The van der Waals surface area contributed by atoms with Gasteiger partial charge >= 0.3 is 0 Å². The Morgan fingerprint density at radius 3 is 2.47 bits per heavy atom. The van der Waals surface area contributed by atoms with Crippen molar-refractivity contribution in [1.29, 1.82) is 0 Å². The molecule has 3 aromatic carbocycles. The molecule has 10 heteroatoms. The molecule has 0 saturated heterocycles. The van der Waals surface area contributed by atoms with E-state index in [0.29, 0.717) is 16.8 Å². The first-order valence-electron chi connectivity index (χ1n) is 10.1. The SMILES string of the molecule is COCc1c(C(=O)Nc2ccc(OC)c(NS(=O)(=O)c3ccc(F)cc3)c2)oc2ccccc12. The van der Waals surface area contributed by atoms with Crippen molar-refractivity contribution in [1.82, 2.24) is 0 Å². The molecule has 0 aliphatic heterocycles. The highest BCUT2D eigenvalue weighted by atomic mass is 32.2. The van der Waals surface area contributed by atoms with Gasteiger partial charge in [-0.2, -0.15) is 0 Å². The van der Waals surface area contributed by atoms with Gasteiger partial charge in [-0.3, -0.25) is 9.52 Å². The molecule has 0 bridgehead atoms. The summed E-state index contributed by atoms with van der Waals surface area (Å²) in [5.74, 6) is -0.764. The number of para-hydroxylation sites is 1. The quantitative estimate of drug-likeness (QED) is 0.373. The molecular weight excluding hydrogens is 463 g/mol. The van der Waals surface area contributed by atoms with Crippen LogP contribution in [0.2, 0.25) is 0 Å². The predicted molar refractivity (Wildman–Crippen MR) is 125 cm³/mol. The third kappa shape index (κ3) is 4.73. The maximum Gasteiger partial charge on any atom is 0.291 e. The van der Waals surface area contributed by atoms with E-state index < -0.39 is 21.7 Å². The number of fused-ring (bicyclic) bond motifs is 1. The zero-order valence-corrected chi connectivity index (χ0v) is 19.1. The summed E-state index contributed by atoms with van der Waals surface area (Å²) in [5.41, 5.74) is 1.53. The van der Waals surface area contributed by atoms with Crippen LogP contribution in [0.3, 0.4) is 0 Å². The van der Waals surface area contributed by atoms with Crippen molar-refractivity contribution in [2.75, 3.05) is 24.3 Å². The Morgan fingerprint density at radius 1 is 1.03 bits per heavy atom. The molecule has 1 amide bonds. The van der Waals surface area contributed by atoms with Gasteiger partial charge in [0.25, 0.3) is 15.9 Å². The van der Waals surface area contributed by atoms with E-state index in [9.17, 15) is 17.6 Å². The van der Waals surface area contributed by atoms with Gasteiger partial charge in [0.05, 0.1) is 24.3 Å². The van der Waals surface area contributed by atoms with E-state index in [1.54, 1.807) is 18.2 Å². The van der Waals surface area contributed by atoms with E-state index in [4.69, 9.17) is 13.9 Å². The van der Waals surface area contributed by atoms with E-state index >= 15 is 0 Å². The molecule has 0 atom stereocenters. The highest BCUT2D eigenvalue weighted by Crippen LogP contribution is 2.31. The summed E-state index contributed by atoms with van der Waals surface area (Å²) in [6, 6.07) is 16.1. The largest absolute Gasteiger partial charge is 0.495 e. The number of benzene rings is 3. The molecule has 1 heterocycles. The minimum Gasteiger partial charge on any atom is -0.495 e. The normalized spacial score (nSPS) is 11.4. The second-order valence-corrected chi connectivity index (χ2v) is 8.95. The summed E-state index contributed by atoms with van der Waals surface area (Å²) < 4.78 is 57.3. The molecular formula is C24H21FN2O6S. The number of ether oxygens (including phenoxy) is 2. The summed E-state index contributed by atoms with van der Waals surface area (Å²) >= 11 is 0. The van der Waals surface area contributed by atoms with Crippen LogP contribution in [-0.2, 0) is 21.4 Å².